The van der Waals surface area contributed by atoms with E-state index in [1.165, 1.54) is 11.3 Å². The molecular formula is C10H13NO2S2. The molecule has 1 N–H and O–H groups in total. The van der Waals surface area contributed by atoms with E-state index >= 15 is 0 Å². The van der Waals surface area contributed by atoms with Crippen LogP contribution in [0.4, 0.5) is 0 Å². The molecule has 1 aromatic heterocycles. The van der Waals surface area contributed by atoms with E-state index < -0.39 is 9.84 Å². The molecule has 1 aromatic rings. The first-order chi connectivity index (χ1) is 7.15. The maximum Gasteiger partial charge on any atom is 0.188 e. The van der Waals surface area contributed by atoms with Crippen LogP contribution in [-0.2, 0) is 9.84 Å². The van der Waals surface area contributed by atoms with Crippen molar-refractivity contribution < 1.29 is 8.42 Å². The van der Waals surface area contributed by atoms with Gasteiger partial charge in [-0.2, -0.15) is 0 Å². The molecule has 82 valence electrons. The van der Waals surface area contributed by atoms with Gasteiger partial charge in [-0.25, -0.2) is 8.42 Å². The van der Waals surface area contributed by atoms with Gasteiger partial charge in [0.05, 0.1) is 5.75 Å². The predicted molar refractivity (Wildman–Crippen MR) is 61.9 cm³/mol. The molecule has 15 heavy (non-hydrogen) atoms. The van der Waals surface area contributed by atoms with Crippen LogP contribution in [0.5, 0.6) is 0 Å². The molecule has 3 nitrogen and oxygen atoms in total. The second kappa shape index (κ2) is 4.08. The standard InChI is InChI=1S/C10H13NO2S2/c1-2-5-11-9-4-7-15(12,13)10-8(9)3-6-14-10/h2-3,6,9,11H,1,4-5,7H2/t9-/m0/s1. The second-order valence-corrected chi connectivity index (χ2v) is 6.74. The van der Waals surface area contributed by atoms with E-state index in [0.717, 1.165) is 5.56 Å². The average Bonchev–Trinajstić information content (AvgIpc) is 2.67. The van der Waals surface area contributed by atoms with Gasteiger partial charge in [0.1, 0.15) is 4.21 Å². The van der Waals surface area contributed by atoms with Crippen molar-refractivity contribution in [2.24, 2.45) is 0 Å². The smallest absolute Gasteiger partial charge is 0.188 e. The molecule has 0 unspecified atom stereocenters. The van der Waals surface area contributed by atoms with Crippen molar-refractivity contribution >= 4 is 21.2 Å². The summed E-state index contributed by atoms with van der Waals surface area (Å²) in [5.41, 5.74) is 0.924. The van der Waals surface area contributed by atoms with Crippen LogP contribution in [0.2, 0.25) is 0 Å². The molecule has 1 aliphatic heterocycles. The Hall–Kier alpha value is -0.650. The Bertz CT molecular complexity index is 462. The predicted octanol–water partition coefficient (Wildman–Crippen LogP) is 1.74. The molecule has 1 aliphatic rings. The van der Waals surface area contributed by atoms with Gasteiger partial charge in [0.25, 0.3) is 0 Å². The van der Waals surface area contributed by atoms with Gasteiger partial charge in [0, 0.05) is 12.6 Å². The number of hydrogen-bond donors (Lipinski definition) is 1. The summed E-state index contributed by atoms with van der Waals surface area (Å²) >= 11 is 1.32. The number of hydrogen-bond acceptors (Lipinski definition) is 4. The zero-order valence-corrected chi connectivity index (χ0v) is 9.90. The minimum Gasteiger partial charge on any atom is -0.306 e. The van der Waals surface area contributed by atoms with Crippen molar-refractivity contribution in [3.8, 4) is 0 Å². The van der Waals surface area contributed by atoms with Crippen LogP contribution in [-0.4, -0.2) is 20.7 Å². The molecule has 5 heteroatoms. The zero-order valence-electron chi connectivity index (χ0n) is 8.27. The van der Waals surface area contributed by atoms with Crippen molar-refractivity contribution in [2.45, 2.75) is 16.7 Å². The summed E-state index contributed by atoms with van der Waals surface area (Å²) in [5.74, 6) is 0.245. The summed E-state index contributed by atoms with van der Waals surface area (Å²) in [6.45, 7) is 4.35. The van der Waals surface area contributed by atoms with E-state index in [-0.39, 0.29) is 11.8 Å². The lowest BCUT2D eigenvalue weighted by Crippen LogP contribution is -2.28. The fourth-order valence-electron chi connectivity index (χ4n) is 1.78. The molecule has 0 bridgehead atoms. The van der Waals surface area contributed by atoms with Crippen LogP contribution in [0, 0.1) is 0 Å². The van der Waals surface area contributed by atoms with Crippen LogP contribution >= 0.6 is 11.3 Å². The summed E-state index contributed by atoms with van der Waals surface area (Å²) in [6.07, 6.45) is 2.44. The Labute approximate surface area is 93.7 Å². The molecule has 2 rings (SSSR count). The number of thiophene rings is 1. The van der Waals surface area contributed by atoms with Crippen molar-refractivity contribution in [2.75, 3.05) is 12.3 Å². The Morgan fingerprint density at radius 2 is 2.47 bits per heavy atom. The SMILES string of the molecule is C=CCN[C@H]1CCS(=O)(=O)c2sccc21. The minimum absolute atomic E-state index is 0.160. The van der Waals surface area contributed by atoms with Crippen LogP contribution in [0.25, 0.3) is 0 Å². The molecule has 0 aliphatic carbocycles. The first-order valence-corrected chi connectivity index (χ1v) is 7.33. The average molecular weight is 243 g/mol. The largest absolute Gasteiger partial charge is 0.306 e. The Morgan fingerprint density at radius 1 is 1.67 bits per heavy atom. The number of nitrogens with one attached hydrogen (secondary N) is 1. The van der Waals surface area contributed by atoms with Gasteiger partial charge in [0.2, 0.25) is 0 Å². The summed E-state index contributed by atoms with van der Waals surface area (Å²) in [4.78, 5) is 0. The Morgan fingerprint density at radius 3 is 3.20 bits per heavy atom. The van der Waals surface area contributed by atoms with Crippen molar-refractivity contribution in [3.63, 3.8) is 0 Å². The highest BCUT2D eigenvalue weighted by Crippen LogP contribution is 2.35. The van der Waals surface area contributed by atoms with Gasteiger partial charge in [-0.3, -0.25) is 0 Å². The van der Waals surface area contributed by atoms with E-state index in [1.807, 2.05) is 11.4 Å². The summed E-state index contributed by atoms with van der Waals surface area (Å²) < 4.78 is 24.0. The quantitative estimate of drug-likeness (QED) is 0.823. The van der Waals surface area contributed by atoms with E-state index in [4.69, 9.17) is 0 Å². The van der Waals surface area contributed by atoms with Crippen LogP contribution in [0.1, 0.15) is 18.0 Å². The van der Waals surface area contributed by atoms with Gasteiger partial charge in [-0.05, 0) is 23.4 Å². The lowest BCUT2D eigenvalue weighted by molar-refractivity contribution is 0.519. The molecule has 0 saturated carbocycles. The lowest BCUT2D eigenvalue weighted by Gasteiger charge is -2.23. The highest BCUT2D eigenvalue weighted by molar-refractivity contribution is 7.93. The summed E-state index contributed by atoms with van der Waals surface area (Å²) in [6, 6.07) is 2.06. The van der Waals surface area contributed by atoms with Gasteiger partial charge < -0.3 is 5.32 Å². The van der Waals surface area contributed by atoms with Crippen molar-refractivity contribution in [1.29, 1.82) is 0 Å². The minimum atomic E-state index is -3.00. The highest BCUT2D eigenvalue weighted by Gasteiger charge is 2.30. The topological polar surface area (TPSA) is 46.2 Å². The zero-order chi connectivity index (χ0) is 10.9. The molecule has 0 aromatic carbocycles. The monoisotopic (exact) mass is 243 g/mol. The van der Waals surface area contributed by atoms with E-state index in [0.29, 0.717) is 17.2 Å². The summed E-state index contributed by atoms with van der Waals surface area (Å²) in [7, 11) is -3.00. The van der Waals surface area contributed by atoms with E-state index in [9.17, 15) is 8.42 Å². The first kappa shape index (κ1) is 10.9. The maximum absolute atomic E-state index is 11.7. The molecule has 0 amide bonds. The van der Waals surface area contributed by atoms with Crippen LogP contribution in [0.3, 0.4) is 0 Å². The van der Waals surface area contributed by atoms with E-state index in [2.05, 4.69) is 11.9 Å². The van der Waals surface area contributed by atoms with Crippen LogP contribution in [0.15, 0.2) is 28.3 Å². The van der Waals surface area contributed by atoms with Gasteiger partial charge >= 0.3 is 0 Å². The molecule has 0 spiro atoms. The fourth-order valence-corrected chi connectivity index (χ4v) is 4.76. The molecule has 0 fully saturated rings. The molecule has 1 atom stereocenters. The third kappa shape index (κ3) is 2.00. The molecular weight excluding hydrogens is 230 g/mol. The van der Waals surface area contributed by atoms with E-state index in [1.54, 1.807) is 6.08 Å². The fraction of sp³-hybridized carbons (Fsp3) is 0.400. The highest BCUT2D eigenvalue weighted by atomic mass is 32.2. The van der Waals surface area contributed by atoms with Gasteiger partial charge in [-0.1, -0.05) is 6.08 Å². The molecule has 0 saturated heterocycles. The summed E-state index contributed by atoms with van der Waals surface area (Å²) in [5, 5.41) is 5.12. The maximum atomic E-state index is 11.7. The second-order valence-electron chi connectivity index (χ2n) is 3.52. The third-order valence-electron chi connectivity index (χ3n) is 2.50. The first-order valence-electron chi connectivity index (χ1n) is 4.79. The molecule has 0 radical (unpaired) electrons. The Kier molecular flexibility index (Phi) is 2.95. The van der Waals surface area contributed by atoms with Crippen molar-refractivity contribution in [1.82, 2.24) is 5.32 Å². The molecule has 2 heterocycles. The van der Waals surface area contributed by atoms with Crippen molar-refractivity contribution in [3.05, 3.63) is 29.7 Å². The number of sulfone groups is 1. The lowest BCUT2D eigenvalue weighted by atomic mass is 10.1. The van der Waals surface area contributed by atoms with Crippen LogP contribution < -0.4 is 5.32 Å². The third-order valence-corrected chi connectivity index (χ3v) is 5.85. The number of fused-ring (bicyclic) bond motifs is 1. The normalized spacial score (nSPS) is 23.3. The Balaban J connectivity index is 2.32. The van der Waals surface area contributed by atoms with Gasteiger partial charge in [0.15, 0.2) is 9.84 Å². The van der Waals surface area contributed by atoms with Gasteiger partial charge in [-0.15, -0.1) is 17.9 Å². The number of rotatable bonds is 3.